The number of nitrogens with one attached hydrogen (secondary N) is 1. The van der Waals surface area contributed by atoms with Gasteiger partial charge in [-0.3, -0.25) is 0 Å². The van der Waals surface area contributed by atoms with Crippen molar-refractivity contribution in [3.63, 3.8) is 0 Å². The Labute approximate surface area is 145 Å². The van der Waals surface area contributed by atoms with Gasteiger partial charge in [-0.2, -0.15) is 0 Å². The van der Waals surface area contributed by atoms with E-state index in [1.54, 1.807) is 7.11 Å². The molecular weight excluding hydrogens is 421 g/mol. The van der Waals surface area contributed by atoms with Gasteiger partial charge in [-0.05, 0) is 57.0 Å². The van der Waals surface area contributed by atoms with Gasteiger partial charge in [0.1, 0.15) is 5.82 Å². The summed E-state index contributed by atoms with van der Waals surface area (Å²) in [6.45, 7) is 3.18. The van der Waals surface area contributed by atoms with E-state index in [0.717, 1.165) is 32.6 Å². The number of aromatic nitrogens is 2. The second-order valence-corrected chi connectivity index (χ2v) is 6.30. The van der Waals surface area contributed by atoms with Gasteiger partial charge in [0.2, 0.25) is 0 Å². The summed E-state index contributed by atoms with van der Waals surface area (Å²) in [5.74, 6) is 1.35. The van der Waals surface area contributed by atoms with Crippen LogP contribution in [0.5, 0.6) is 0 Å². The minimum absolute atomic E-state index is 0.402. The van der Waals surface area contributed by atoms with Gasteiger partial charge < -0.3 is 10.1 Å². The van der Waals surface area contributed by atoms with Crippen molar-refractivity contribution in [1.82, 2.24) is 9.97 Å². The Bertz CT molecular complexity index is 625. The lowest BCUT2D eigenvalue weighted by Gasteiger charge is -2.12. The summed E-state index contributed by atoms with van der Waals surface area (Å²) in [5, 5.41) is 3.84. The van der Waals surface area contributed by atoms with Gasteiger partial charge in [-0.25, -0.2) is 9.97 Å². The first-order valence-corrected chi connectivity index (χ1v) is 8.27. The van der Waals surface area contributed by atoms with Crippen LogP contribution in [-0.4, -0.2) is 23.6 Å². The molecule has 1 aromatic heterocycles. The Hall–Kier alpha value is -0.690. The Balaban J connectivity index is 2.53. The van der Waals surface area contributed by atoms with E-state index in [1.807, 2.05) is 25.1 Å². The summed E-state index contributed by atoms with van der Waals surface area (Å²) in [6, 6.07) is 5.64. The van der Waals surface area contributed by atoms with Crippen molar-refractivity contribution in [1.29, 1.82) is 0 Å². The molecule has 0 saturated carbocycles. The van der Waals surface area contributed by atoms with Crippen molar-refractivity contribution >= 4 is 49.3 Å². The molecule has 0 aliphatic carbocycles. The highest BCUT2D eigenvalue weighted by atomic mass is 79.9. The average Bonchev–Trinajstić information content (AvgIpc) is 2.46. The Morgan fingerprint density at radius 1 is 1.29 bits per heavy atom. The molecule has 1 heterocycles. The van der Waals surface area contributed by atoms with Crippen LogP contribution >= 0.6 is 43.5 Å². The SMILES string of the molecule is CCNc1nc(-c2ccc(Br)c(Cl)c2)nc(COC)c1Br. The molecule has 112 valence electrons. The molecule has 4 nitrogen and oxygen atoms in total. The lowest BCUT2D eigenvalue weighted by atomic mass is 10.2. The molecule has 0 bridgehead atoms. The van der Waals surface area contributed by atoms with Crippen LogP contribution in [-0.2, 0) is 11.3 Å². The predicted molar refractivity (Wildman–Crippen MR) is 92.8 cm³/mol. The van der Waals surface area contributed by atoms with E-state index in [4.69, 9.17) is 16.3 Å². The minimum Gasteiger partial charge on any atom is -0.378 e. The lowest BCUT2D eigenvalue weighted by Crippen LogP contribution is -2.06. The molecule has 0 saturated heterocycles. The number of halogens is 3. The predicted octanol–water partition coefficient (Wildman–Crippen LogP) is 4.90. The molecule has 0 aliphatic heterocycles. The second kappa shape index (κ2) is 7.54. The third kappa shape index (κ3) is 3.94. The maximum Gasteiger partial charge on any atom is 0.161 e. The van der Waals surface area contributed by atoms with Crippen LogP contribution in [0.1, 0.15) is 12.6 Å². The molecule has 0 unspecified atom stereocenters. The van der Waals surface area contributed by atoms with Crippen LogP contribution < -0.4 is 5.32 Å². The minimum atomic E-state index is 0.402. The van der Waals surface area contributed by atoms with Crippen molar-refractivity contribution in [3.05, 3.63) is 37.9 Å². The zero-order valence-corrected chi connectivity index (χ0v) is 15.5. The van der Waals surface area contributed by atoms with Crippen molar-refractivity contribution in [3.8, 4) is 11.4 Å². The van der Waals surface area contributed by atoms with Crippen LogP contribution in [0, 0.1) is 0 Å². The molecule has 2 rings (SSSR count). The Morgan fingerprint density at radius 2 is 2.05 bits per heavy atom. The van der Waals surface area contributed by atoms with E-state index in [2.05, 4.69) is 47.1 Å². The highest BCUT2D eigenvalue weighted by Crippen LogP contribution is 2.31. The molecule has 7 heteroatoms. The maximum absolute atomic E-state index is 6.14. The molecule has 0 amide bonds. The number of nitrogens with zero attached hydrogens (tertiary/aromatic N) is 2. The second-order valence-electron chi connectivity index (χ2n) is 4.25. The van der Waals surface area contributed by atoms with Crippen molar-refractivity contribution < 1.29 is 4.74 Å². The molecule has 1 aromatic carbocycles. The molecule has 21 heavy (non-hydrogen) atoms. The van der Waals surface area contributed by atoms with Crippen LogP contribution in [0.3, 0.4) is 0 Å². The summed E-state index contributed by atoms with van der Waals surface area (Å²) < 4.78 is 6.85. The summed E-state index contributed by atoms with van der Waals surface area (Å²) in [6.07, 6.45) is 0. The number of ether oxygens (including phenoxy) is 1. The molecule has 0 spiro atoms. The number of hydrogen-bond acceptors (Lipinski definition) is 4. The van der Waals surface area contributed by atoms with E-state index in [9.17, 15) is 0 Å². The summed E-state index contributed by atoms with van der Waals surface area (Å²) in [5.41, 5.74) is 1.64. The standard InChI is InChI=1S/C14H14Br2ClN3O/c1-3-18-14-12(16)11(7-21-2)19-13(20-14)8-4-5-9(15)10(17)6-8/h4-6H,3,7H2,1-2H3,(H,18,19,20). The first-order chi connectivity index (χ1) is 10.1. The molecule has 0 fully saturated rings. The third-order valence-electron chi connectivity index (χ3n) is 2.72. The van der Waals surface area contributed by atoms with Crippen LogP contribution in [0.4, 0.5) is 5.82 Å². The number of methoxy groups -OCH3 is 1. The summed E-state index contributed by atoms with van der Waals surface area (Å²) >= 11 is 13.0. The van der Waals surface area contributed by atoms with Gasteiger partial charge in [0.15, 0.2) is 5.82 Å². The lowest BCUT2D eigenvalue weighted by molar-refractivity contribution is 0.181. The highest BCUT2D eigenvalue weighted by Gasteiger charge is 2.13. The van der Waals surface area contributed by atoms with Crippen LogP contribution in [0.25, 0.3) is 11.4 Å². The molecule has 0 radical (unpaired) electrons. The quantitative estimate of drug-likeness (QED) is 0.726. The van der Waals surface area contributed by atoms with E-state index in [1.165, 1.54) is 0 Å². The van der Waals surface area contributed by atoms with Gasteiger partial charge in [0.25, 0.3) is 0 Å². The molecule has 1 N–H and O–H groups in total. The molecular formula is C14H14Br2ClN3O. The van der Waals surface area contributed by atoms with Gasteiger partial charge >= 0.3 is 0 Å². The first kappa shape index (κ1) is 16.7. The summed E-state index contributed by atoms with van der Waals surface area (Å²) in [7, 11) is 1.64. The fourth-order valence-corrected chi connectivity index (χ4v) is 2.63. The van der Waals surface area contributed by atoms with Crippen LogP contribution in [0.2, 0.25) is 5.02 Å². The van der Waals surface area contributed by atoms with Gasteiger partial charge in [-0.1, -0.05) is 11.6 Å². The normalized spacial score (nSPS) is 10.7. The fourth-order valence-electron chi connectivity index (χ4n) is 1.77. The van der Waals surface area contributed by atoms with E-state index in [0.29, 0.717) is 17.5 Å². The van der Waals surface area contributed by atoms with Gasteiger partial charge in [0.05, 0.1) is 21.8 Å². The topological polar surface area (TPSA) is 47.0 Å². The number of rotatable bonds is 5. The van der Waals surface area contributed by atoms with Crippen molar-refractivity contribution in [2.45, 2.75) is 13.5 Å². The molecule has 0 atom stereocenters. The maximum atomic E-state index is 6.14. The highest BCUT2D eigenvalue weighted by molar-refractivity contribution is 9.11. The van der Waals surface area contributed by atoms with Crippen molar-refractivity contribution in [2.24, 2.45) is 0 Å². The van der Waals surface area contributed by atoms with Gasteiger partial charge in [-0.15, -0.1) is 0 Å². The van der Waals surface area contributed by atoms with E-state index in [-0.39, 0.29) is 0 Å². The zero-order chi connectivity index (χ0) is 15.4. The largest absolute Gasteiger partial charge is 0.378 e. The molecule has 2 aromatic rings. The summed E-state index contributed by atoms with van der Waals surface area (Å²) in [4.78, 5) is 9.10. The third-order valence-corrected chi connectivity index (χ3v) is 4.79. The van der Waals surface area contributed by atoms with E-state index < -0.39 is 0 Å². The average molecular weight is 436 g/mol. The zero-order valence-electron chi connectivity index (χ0n) is 11.6. The Morgan fingerprint density at radius 3 is 2.67 bits per heavy atom. The van der Waals surface area contributed by atoms with Crippen molar-refractivity contribution in [2.75, 3.05) is 19.0 Å². The molecule has 0 aliphatic rings. The number of hydrogen-bond donors (Lipinski definition) is 1. The fraction of sp³-hybridized carbons (Fsp3) is 0.286. The monoisotopic (exact) mass is 433 g/mol. The van der Waals surface area contributed by atoms with Gasteiger partial charge in [0, 0.05) is 23.7 Å². The van der Waals surface area contributed by atoms with Crippen LogP contribution in [0.15, 0.2) is 27.1 Å². The number of anilines is 1. The smallest absolute Gasteiger partial charge is 0.161 e. The van der Waals surface area contributed by atoms with E-state index >= 15 is 0 Å². The first-order valence-electron chi connectivity index (χ1n) is 6.31. The number of benzene rings is 1. The Kier molecular flexibility index (Phi) is 5.98.